The van der Waals surface area contributed by atoms with Gasteiger partial charge in [0.1, 0.15) is 17.3 Å². The van der Waals surface area contributed by atoms with E-state index in [2.05, 4.69) is 12.1 Å². The van der Waals surface area contributed by atoms with E-state index in [1.54, 1.807) is 36.0 Å². The molecule has 5 aromatic rings. The van der Waals surface area contributed by atoms with Crippen LogP contribution in [0.4, 0.5) is 0 Å². The first-order valence-corrected chi connectivity index (χ1v) is 14.5. The highest BCUT2D eigenvalue weighted by Gasteiger charge is 2.32. The third-order valence-electron chi connectivity index (χ3n) is 7.69. The molecule has 1 aliphatic heterocycles. The number of benzene rings is 3. The van der Waals surface area contributed by atoms with Crippen LogP contribution < -0.4 is 19.6 Å². The highest BCUT2D eigenvalue weighted by Crippen LogP contribution is 2.41. The number of nitrogens with zero attached hydrogens (tertiary/aromatic N) is 2. The maximum absolute atomic E-state index is 14.0. The van der Waals surface area contributed by atoms with Crippen LogP contribution in [0.3, 0.4) is 0 Å². The number of aromatic nitrogens is 1. The Bertz CT molecular complexity index is 2100. The number of hydrogen-bond acceptors (Lipinski definition) is 6. The van der Waals surface area contributed by atoms with Crippen molar-refractivity contribution in [3.8, 4) is 17.1 Å². The summed E-state index contributed by atoms with van der Waals surface area (Å²) in [4.78, 5) is 31.2. The lowest BCUT2D eigenvalue weighted by atomic mass is 9.83. The van der Waals surface area contributed by atoms with E-state index in [0.29, 0.717) is 26.4 Å². The Morgan fingerprint density at radius 1 is 1.10 bits per heavy atom. The smallest absolute Gasteiger partial charge is 0.337 e. The molecule has 0 fully saturated rings. The van der Waals surface area contributed by atoms with Gasteiger partial charge in [0.25, 0.3) is 5.56 Å². The van der Waals surface area contributed by atoms with Gasteiger partial charge in [0.05, 0.1) is 34.0 Å². The molecule has 2 aromatic heterocycles. The molecule has 42 heavy (non-hydrogen) atoms. The van der Waals surface area contributed by atoms with Gasteiger partial charge in [-0.05, 0) is 72.0 Å². The molecule has 9 heteroatoms. The number of furan rings is 1. The van der Waals surface area contributed by atoms with Crippen LogP contribution in [0.2, 0.25) is 5.02 Å². The van der Waals surface area contributed by atoms with Gasteiger partial charge in [-0.15, -0.1) is 0 Å². The average molecular weight is 595 g/mol. The Kier molecular flexibility index (Phi) is 6.45. The minimum absolute atomic E-state index is 0.00972. The molecule has 0 unspecified atom stereocenters. The number of carbonyl (C=O) groups is 1. The van der Waals surface area contributed by atoms with Gasteiger partial charge in [-0.2, -0.15) is 0 Å². The predicted octanol–water partition coefficient (Wildman–Crippen LogP) is 5.94. The highest BCUT2D eigenvalue weighted by molar-refractivity contribution is 7.07. The lowest BCUT2D eigenvalue weighted by Crippen LogP contribution is -2.38. The van der Waals surface area contributed by atoms with E-state index in [0.717, 1.165) is 41.0 Å². The summed E-state index contributed by atoms with van der Waals surface area (Å²) in [6.07, 6.45) is 3.39. The number of carboxylic acid groups (broad SMARTS) is 1. The number of halogens is 1. The normalized spacial score (nSPS) is 16.0. The largest absolute Gasteiger partial charge is 0.497 e. The molecule has 1 atom stereocenters. The van der Waals surface area contributed by atoms with Gasteiger partial charge in [-0.3, -0.25) is 9.36 Å². The second-order valence-electron chi connectivity index (χ2n) is 10.1. The quantitative estimate of drug-likeness (QED) is 0.272. The number of aromatic carboxylic acids is 1. The lowest BCUT2D eigenvalue weighted by Gasteiger charge is -2.30. The van der Waals surface area contributed by atoms with Gasteiger partial charge < -0.3 is 14.3 Å². The monoisotopic (exact) mass is 594 g/mol. The first kappa shape index (κ1) is 26.3. The molecule has 7 nitrogen and oxygen atoms in total. The SMILES string of the molecule is COc1ccc([C@H]2C3=C(N=c4s/c(=C\c5ccc(-c6ccc(Cl)c(C(=O)O)c6)o5)c(=O)n42)c2ccccc2CC3)cc1. The number of fused-ring (bicyclic) bond motifs is 3. The average Bonchev–Trinajstić information content (AvgIpc) is 3.60. The van der Waals surface area contributed by atoms with Crippen LogP contribution in [-0.4, -0.2) is 22.8 Å². The summed E-state index contributed by atoms with van der Waals surface area (Å²) in [6.45, 7) is 0. The lowest BCUT2D eigenvalue weighted by molar-refractivity contribution is 0.0697. The molecule has 7 rings (SSSR count). The maximum Gasteiger partial charge on any atom is 0.337 e. The molecule has 1 N–H and O–H groups in total. The molecule has 0 saturated carbocycles. The van der Waals surface area contributed by atoms with Crippen LogP contribution in [-0.2, 0) is 6.42 Å². The number of thiazole rings is 1. The molecular formula is C33H23ClN2O5S. The van der Waals surface area contributed by atoms with Crippen molar-refractivity contribution in [3.05, 3.63) is 137 Å². The summed E-state index contributed by atoms with van der Waals surface area (Å²) in [5.74, 6) is 0.569. The van der Waals surface area contributed by atoms with Crippen LogP contribution in [0.25, 0.3) is 23.1 Å². The number of carboxylic acids is 1. The third kappa shape index (κ3) is 4.40. The van der Waals surface area contributed by atoms with Crippen molar-refractivity contribution in [1.29, 1.82) is 0 Å². The van der Waals surface area contributed by atoms with Gasteiger partial charge in [-0.25, -0.2) is 9.79 Å². The van der Waals surface area contributed by atoms with Crippen molar-refractivity contribution in [1.82, 2.24) is 4.57 Å². The Morgan fingerprint density at radius 3 is 2.69 bits per heavy atom. The van der Waals surface area contributed by atoms with Gasteiger partial charge >= 0.3 is 5.97 Å². The maximum atomic E-state index is 14.0. The molecule has 3 aromatic carbocycles. The van der Waals surface area contributed by atoms with Crippen LogP contribution >= 0.6 is 22.9 Å². The summed E-state index contributed by atoms with van der Waals surface area (Å²) < 4.78 is 13.7. The zero-order chi connectivity index (χ0) is 29.0. The van der Waals surface area contributed by atoms with Crippen LogP contribution in [0.5, 0.6) is 5.75 Å². The fraction of sp³-hybridized carbons (Fsp3) is 0.121. The number of allylic oxidation sites excluding steroid dienone is 1. The van der Waals surface area contributed by atoms with Crippen molar-refractivity contribution in [2.75, 3.05) is 7.11 Å². The van der Waals surface area contributed by atoms with E-state index >= 15 is 0 Å². The van der Waals surface area contributed by atoms with Gasteiger partial charge in [0, 0.05) is 17.2 Å². The topological polar surface area (TPSA) is 94.0 Å². The molecule has 1 aliphatic carbocycles. The van der Waals surface area contributed by atoms with E-state index in [4.69, 9.17) is 25.7 Å². The number of ether oxygens (including phenoxy) is 1. The van der Waals surface area contributed by atoms with Gasteiger partial charge in [-0.1, -0.05) is 59.3 Å². The third-order valence-corrected chi connectivity index (χ3v) is 9.00. The molecule has 0 bridgehead atoms. The van der Waals surface area contributed by atoms with Crippen molar-refractivity contribution < 1.29 is 19.1 Å². The van der Waals surface area contributed by atoms with Crippen molar-refractivity contribution in [2.45, 2.75) is 18.9 Å². The van der Waals surface area contributed by atoms with Crippen LogP contribution in [0, 0.1) is 0 Å². The number of hydrogen-bond donors (Lipinski definition) is 1. The van der Waals surface area contributed by atoms with Crippen molar-refractivity contribution in [2.24, 2.45) is 4.99 Å². The number of methoxy groups -OCH3 is 1. The van der Waals surface area contributed by atoms with E-state index in [1.807, 2.05) is 36.4 Å². The standard InChI is InChI=1S/C33H23ClN2O5S/c1-40-21-10-6-19(7-11-21)30-24-13-8-18-4-2-3-5-23(18)29(24)35-33-36(30)31(37)28(42-33)17-22-12-15-27(41-22)20-9-14-26(34)25(16-20)32(38)39/h2-7,9-12,14-17,30H,8,13H2,1H3,(H,38,39)/b28-17-/t30-/m0/s1. The number of aryl methyl sites for hydroxylation is 1. The summed E-state index contributed by atoms with van der Waals surface area (Å²) in [5.41, 5.74) is 5.81. The predicted molar refractivity (Wildman–Crippen MR) is 162 cm³/mol. The first-order chi connectivity index (χ1) is 20.4. The molecule has 0 radical (unpaired) electrons. The molecular weight excluding hydrogens is 572 g/mol. The summed E-state index contributed by atoms with van der Waals surface area (Å²) in [6, 6.07) is 24.1. The second kappa shape index (κ2) is 10.3. The zero-order valence-corrected chi connectivity index (χ0v) is 23.9. The minimum Gasteiger partial charge on any atom is -0.497 e. The van der Waals surface area contributed by atoms with Crippen molar-refractivity contribution in [3.63, 3.8) is 0 Å². The Morgan fingerprint density at radius 2 is 1.90 bits per heavy atom. The van der Waals surface area contributed by atoms with E-state index in [-0.39, 0.29) is 22.2 Å². The Labute approximate surface area is 248 Å². The van der Waals surface area contributed by atoms with Crippen LogP contribution in [0.1, 0.15) is 45.3 Å². The van der Waals surface area contributed by atoms with Gasteiger partial charge in [0.2, 0.25) is 0 Å². The Hall–Kier alpha value is -4.66. The molecule has 0 spiro atoms. The van der Waals surface area contributed by atoms with Crippen LogP contribution in [0.15, 0.2) is 98.6 Å². The summed E-state index contributed by atoms with van der Waals surface area (Å²) >= 11 is 7.35. The molecule has 208 valence electrons. The number of rotatable bonds is 5. The molecule has 2 aliphatic rings. The summed E-state index contributed by atoms with van der Waals surface area (Å²) in [5, 5.41) is 9.58. The molecule has 0 amide bonds. The zero-order valence-electron chi connectivity index (χ0n) is 22.3. The second-order valence-corrected chi connectivity index (χ2v) is 11.5. The molecule has 3 heterocycles. The van der Waals surface area contributed by atoms with Crippen molar-refractivity contribution >= 4 is 40.7 Å². The highest BCUT2D eigenvalue weighted by atomic mass is 35.5. The Balaban J connectivity index is 1.36. The minimum atomic E-state index is -1.12. The van der Waals surface area contributed by atoms with E-state index < -0.39 is 5.97 Å². The van der Waals surface area contributed by atoms with E-state index in [1.165, 1.54) is 29.0 Å². The first-order valence-electron chi connectivity index (χ1n) is 13.3. The fourth-order valence-corrected chi connectivity index (χ4v) is 6.85. The summed E-state index contributed by atoms with van der Waals surface area (Å²) in [7, 11) is 1.63. The molecule has 0 saturated heterocycles. The fourth-order valence-electron chi connectivity index (χ4n) is 5.67. The van der Waals surface area contributed by atoms with E-state index in [9.17, 15) is 14.7 Å². The van der Waals surface area contributed by atoms with Gasteiger partial charge in [0.15, 0.2) is 4.80 Å².